The Morgan fingerprint density at radius 3 is 2.31 bits per heavy atom. The lowest BCUT2D eigenvalue weighted by Gasteiger charge is -2.13. The molecule has 3 aromatic rings. The second-order valence-corrected chi connectivity index (χ2v) is 8.60. The number of thioether (sulfide) groups is 1. The summed E-state index contributed by atoms with van der Waals surface area (Å²) in [6.07, 6.45) is 1.71. The van der Waals surface area contributed by atoms with E-state index in [1.54, 1.807) is 36.4 Å². The molecule has 0 spiro atoms. The number of aromatic nitrogens is 1. The standard InChI is InChI=1S/C21H16FN3O2S2/c1-2-11-28-21-16(13-23)12-19(14-5-9-18(10-6-14)29(24,26)27)20(25-21)15-3-7-17(22)8-4-15/h2-10,12H,1,11H2,(H2,24,26,27). The third-order valence-corrected chi connectivity index (χ3v) is 5.97. The minimum absolute atomic E-state index is 0.0174. The Morgan fingerprint density at radius 1 is 1.14 bits per heavy atom. The molecule has 0 aliphatic rings. The van der Waals surface area contributed by atoms with Crippen molar-refractivity contribution in [3.8, 4) is 28.5 Å². The first-order valence-corrected chi connectivity index (χ1v) is 10.9. The first-order valence-electron chi connectivity index (χ1n) is 8.41. The predicted molar refractivity (Wildman–Crippen MR) is 112 cm³/mol. The summed E-state index contributed by atoms with van der Waals surface area (Å²) in [6.45, 7) is 3.68. The zero-order valence-corrected chi connectivity index (χ0v) is 16.8. The van der Waals surface area contributed by atoms with E-state index in [0.29, 0.717) is 38.7 Å². The molecule has 2 aromatic carbocycles. The van der Waals surface area contributed by atoms with Gasteiger partial charge in [0.1, 0.15) is 16.9 Å². The lowest BCUT2D eigenvalue weighted by molar-refractivity contribution is 0.598. The Bertz CT molecular complexity index is 1200. The smallest absolute Gasteiger partial charge is 0.238 e. The van der Waals surface area contributed by atoms with Crippen LogP contribution in [-0.2, 0) is 10.0 Å². The van der Waals surface area contributed by atoms with E-state index in [4.69, 9.17) is 5.14 Å². The van der Waals surface area contributed by atoms with E-state index < -0.39 is 10.0 Å². The number of nitrogens with two attached hydrogens (primary N) is 1. The predicted octanol–water partition coefficient (Wildman–Crippen LogP) is 4.35. The topological polar surface area (TPSA) is 96.8 Å². The minimum atomic E-state index is -3.82. The first-order chi connectivity index (χ1) is 13.8. The molecule has 3 rings (SSSR count). The van der Waals surface area contributed by atoms with Gasteiger partial charge in [0.15, 0.2) is 0 Å². The molecule has 0 fully saturated rings. The van der Waals surface area contributed by atoms with Crippen LogP contribution in [-0.4, -0.2) is 19.2 Å². The van der Waals surface area contributed by atoms with Gasteiger partial charge in [-0.2, -0.15) is 5.26 Å². The molecule has 0 aliphatic carbocycles. The molecular formula is C21H16FN3O2S2. The van der Waals surface area contributed by atoms with Crippen molar-refractivity contribution in [1.29, 1.82) is 5.26 Å². The van der Waals surface area contributed by atoms with Crippen molar-refractivity contribution in [2.45, 2.75) is 9.92 Å². The summed E-state index contributed by atoms with van der Waals surface area (Å²) in [7, 11) is -3.82. The van der Waals surface area contributed by atoms with Crippen molar-refractivity contribution in [3.05, 3.63) is 78.6 Å². The van der Waals surface area contributed by atoms with E-state index in [1.807, 2.05) is 0 Å². The monoisotopic (exact) mass is 425 g/mol. The number of sulfonamides is 1. The highest BCUT2D eigenvalue weighted by atomic mass is 32.2. The molecule has 0 aliphatic heterocycles. The molecule has 0 saturated carbocycles. The normalized spacial score (nSPS) is 11.1. The summed E-state index contributed by atoms with van der Waals surface area (Å²) in [6, 6.07) is 15.7. The van der Waals surface area contributed by atoms with Gasteiger partial charge in [-0.15, -0.1) is 18.3 Å². The van der Waals surface area contributed by atoms with Crippen molar-refractivity contribution in [1.82, 2.24) is 4.98 Å². The molecule has 2 N–H and O–H groups in total. The Hall–Kier alpha value is -2.99. The number of benzene rings is 2. The Labute approximate surface area is 172 Å². The zero-order chi connectivity index (χ0) is 21.0. The number of nitrogens with zero attached hydrogens (tertiary/aromatic N) is 2. The molecule has 146 valence electrons. The number of nitriles is 1. The molecule has 29 heavy (non-hydrogen) atoms. The maximum absolute atomic E-state index is 13.4. The highest BCUT2D eigenvalue weighted by molar-refractivity contribution is 7.99. The molecule has 0 amide bonds. The SMILES string of the molecule is C=CCSc1nc(-c2ccc(F)cc2)c(-c2ccc(S(N)(=O)=O)cc2)cc1C#N. The molecule has 8 heteroatoms. The minimum Gasteiger partial charge on any atom is -0.239 e. The van der Waals surface area contributed by atoms with Crippen molar-refractivity contribution in [2.24, 2.45) is 5.14 Å². The fraction of sp³-hybridized carbons (Fsp3) is 0.0476. The van der Waals surface area contributed by atoms with Gasteiger partial charge in [-0.3, -0.25) is 0 Å². The zero-order valence-electron chi connectivity index (χ0n) is 15.2. The van der Waals surface area contributed by atoms with Crippen LogP contribution in [0.1, 0.15) is 5.56 Å². The Morgan fingerprint density at radius 2 is 1.76 bits per heavy atom. The van der Waals surface area contributed by atoms with Crippen LogP contribution >= 0.6 is 11.8 Å². The van der Waals surface area contributed by atoms with Gasteiger partial charge in [0.05, 0.1) is 16.2 Å². The van der Waals surface area contributed by atoms with Gasteiger partial charge in [-0.25, -0.2) is 22.9 Å². The number of pyridine rings is 1. The summed E-state index contributed by atoms with van der Waals surface area (Å²) in [5, 5.41) is 15.3. The van der Waals surface area contributed by atoms with E-state index in [2.05, 4.69) is 17.6 Å². The number of rotatable bonds is 6. The van der Waals surface area contributed by atoms with Gasteiger partial charge >= 0.3 is 0 Å². The van der Waals surface area contributed by atoms with Crippen LogP contribution < -0.4 is 5.14 Å². The van der Waals surface area contributed by atoms with Crippen LogP contribution in [0.4, 0.5) is 4.39 Å². The number of primary sulfonamides is 1. The largest absolute Gasteiger partial charge is 0.239 e. The van der Waals surface area contributed by atoms with Gasteiger partial charge in [0.25, 0.3) is 0 Å². The van der Waals surface area contributed by atoms with Crippen LogP contribution in [0.3, 0.4) is 0 Å². The molecule has 0 atom stereocenters. The van der Waals surface area contributed by atoms with Gasteiger partial charge < -0.3 is 0 Å². The summed E-state index contributed by atoms with van der Waals surface area (Å²) in [5.41, 5.74) is 2.88. The second-order valence-electron chi connectivity index (χ2n) is 6.03. The van der Waals surface area contributed by atoms with Crippen molar-refractivity contribution < 1.29 is 12.8 Å². The van der Waals surface area contributed by atoms with Crippen LogP contribution in [0.5, 0.6) is 0 Å². The molecule has 1 heterocycles. The average molecular weight is 426 g/mol. The van der Waals surface area contributed by atoms with E-state index in [1.165, 1.54) is 36.0 Å². The van der Waals surface area contributed by atoms with Crippen LogP contribution in [0.15, 0.2) is 77.2 Å². The fourth-order valence-electron chi connectivity index (χ4n) is 2.70. The van der Waals surface area contributed by atoms with Gasteiger partial charge in [-0.05, 0) is 48.0 Å². The quantitative estimate of drug-likeness (QED) is 0.468. The molecule has 0 saturated heterocycles. The number of halogens is 1. The van der Waals surface area contributed by atoms with Crippen molar-refractivity contribution in [3.63, 3.8) is 0 Å². The van der Waals surface area contributed by atoms with E-state index in [0.717, 1.165) is 0 Å². The molecule has 5 nitrogen and oxygen atoms in total. The lowest BCUT2D eigenvalue weighted by atomic mass is 9.98. The summed E-state index contributed by atoms with van der Waals surface area (Å²) < 4.78 is 36.4. The van der Waals surface area contributed by atoms with E-state index in [9.17, 15) is 18.1 Å². The van der Waals surface area contributed by atoms with Crippen molar-refractivity contribution >= 4 is 21.8 Å². The maximum atomic E-state index is 13.4. The van der Waals surface area contributed by atoms with E-state index >= 15 is 0 Å². The third-order valence-electron chi connectivity index (χ3n) is 4.06. The Kier molecular flexibility index (Phi) is 6.13. The summed E-state index contributed by atoms with van der Waals surface area (Å²) in [4.78, 5) is 4.64. The first kappa shape index (κ1) is 20.7. The van der Waals surface area contributed by atoms with Crippen LogP contribution in [0.25, 0.3) is 22.4 Å². The van der Waals surface area contributed by atoms with Crippen molar-refractivity contribution in [2.75, 3.05) is 5.75 Å². The molecule has 0 unspecified atom stereocenters. The van der Waals surface area contributed by atoms with Crippen LogP contribution in [0, 0.1) is 17.1 Å². The molecule has 0 bridgehead atoms. The molecule has 1 aromatic heterocycles. The average Bonchev–Trinajstić information content (AvgIpc) is 2.71. The number of hydrogen-bond acceptors (Lipinski definition) is 5. The highest BCUT2D eigenvalue weighted by Gasteiger charge is 2.16. The van der Waals surface area contributed by atoms with E-state index in [-0.39, 0.29) is 10.7 Å². The summed E-state index contributed by atoms with van der Waals surface area (Å²) >= 11 is 1.37. The van der Waals surface area contributed by atoms with Gasteiger partial charge in [-0.1, -0.05) is 18.2 Å². The summed E-state index contributed by atoms with van der Waals surface area (Å²) in [5.74, 6) is 0.204. The molecular weight excluding hydrogens is 409 g/mol. The maximum Gasteiger partial charge on any atom is 0.238 e. The Balaban J connectivity index is 2.22. The van der Waals surface area contributed by atoms with Gasteiger partial charge in [0.2, 0.25) is 10.0 Å². The number of hydrogen-bond donors (Lipinski definition) is 1. The molecule has 0 radical (unpaired) electrons. The fourth-order valence-corrected chi connectivity index (χ4v) is 3.90. The van der Waals surface area contributed by atoms with Gasteiger partial charge in [0, 0.05) is 16.9 Å². The lowest BCUT2D eigenvalue weighted by Crippen LogP contribution is -2.11. The third kappa shape index (κ3) is 4.71. The second kappa shape index (κ2) is 8.57. The van der Waals surface area contributed by atoms with Crippen LogP contribution in [0.2, 0.25) is 0 Å². The highest BCUT2D eigenvalue weighted by Crippen LogP contribution is 2.35.